The Balaban J connectivity index is 2.86. The molecule has 0 bridgehead atoms. The molecule has 1 heterocycles. The standard InChI is InChI=1S/C9H15N3/c1-9(2,3)8(10)7-6-11-4-5-12-7/h4-6,8H,10H2,1-3H3/t8-/m0/s1. The Kier molecular flexibility index (Phi) is 2.43. The van der Waals surface area contributed by atoms with E-state index >= 15 is 0 Å². The summed E-state index contributed by atoms with van der Waals surface area (Å²) in [5.41, 5.74) is 6.86. The quantitative estimate of drug-likeness (QED) is 0.686. The molecule has 3 heteroatoms. The van der Waals surface area contributed by atoms with Crippen molar-refractivity contribution in [3.8, 4) is 0 Å². The van der Waals surface area contributed by atoms with E-state index < -0.39 is 0 Å². The molecule has 1 aromatic rings. The highest BCUT2D eigenvalue weighted by Crippen LogP contribution is 2.28. The minimum Gasteiger partial charge on any atom is -0.322 e. The van der Waals surface area contributed by atoms with E-state index in [1.165, 1.54) is 0 Å². The fourth-order valence-electron chi connectivity index (χ4n) is 0.915. The molecule has 0 aliphatic carbocycles. The normalized spacial score (nSPS) is 14.3. The molecule has 2 N–H and O–H groups in total. The molecule has 0 amide bonds. The van der Waals surface area contributed by atoms with E-state index in [-0.39, 0.29) is 11.5 Å². The zero-order valence-electron chi connectivity index (χ0n) is 7.78. The molecule has 12 heavy (non-hydrogen) atoms. The molecule has 0 fully saturated rings. The van der Waals surface area contributed by atoms with Crippen molar-refractivity contribution in [3.63, 3.8) is 0 Å². The summed E-state index contributed by atoms with van der Waals surface area (Å²) in [6, 6.07) is -0.0498. The fraction of sp³-hybridized carbons (Fsp3) is 0.556. The van der Waals surface area contributed by atoms with Gasteiger partial charge in [-0.15, -0.1) is 0 Å². The number of nitrogens with two attached hydrogens (primary N) is 1. The predicted molar refractivity (Wildman–Crippen MR) is 48.4 cm³/mol. The number of hydrogen-bond donors (Lipinski definition) is 1. The van der Waals surface area contributed by atoms with Crippen LogP contribution in [0.4, 0.5) is 0 Å². The van der Waals surface area contributed by atoms with Crippen LogP contribution in [0.2, 0.25) is 0 Å². The van der Waals surface area contributed by atoms with Crippen LogP contribution in [0.3, 0.4) is 0 Å². The number of rotatable bonds is 1. The van der Waals surface area contributed by atoms with Crippen LogP contribution in [-0.2, 0) is 0 Å². The molecule has 0 radical (unpaired) electrons. The summed E-state index contributed by atoms with van der Waals surface area (Å²) in [7, 11) is 0. The number of aromatic nitrogens is 2. The van der Waals surface area contributed by atoms with Crippen molar-refractivity contribution in [1.29, 1.82) is 0 Å². The van der Waals surface area contributed by atoms with E-state index in [2.05, 4.69) is 30.7 Å². The fourth-order valence-corrected chi connectivity index (χ4v) is 0.915. The van der Waals surface area contributed by atoms with E-state index in [1.807, 2.05) is 0 Å². The molecule has 1 aromatic heterocycles. The molecule has 3 nitrogen and oxygen atoms in total. The predicted octanol–water partition coefficient (Wildman–Crippen LogP) is 1.52. The molecular formula is C9H15N3. The number of nitrogens with zero attached hydrogens (tertiary/aromatic N) is 2. The molecule has 0 saturated carbocycles. The van der Waals surface area contributed by atoms with Gasteiger partial charge in [0.15, 0.2) is 0 Å². The third-order valence-corrected chi connectivity index (χ3v) is 1.83. The highest BCUT2D eigenvalue weighted by molar-refractivity contribution is 5.04. The smallest absolute Gasteiger partial charge is 0.0759 e. The minimum absolute atomic E-state index is 0.0377. The number of hydrogen-bond acceptors (Lipinski definition) is 3. The maximum atomic E-state index is 5.97. The third kappa shape index (κ3) is 2.01. The molecule has 66 valence electrons. The van der Waals surface area contributed by atoms with E-state index in [0.717, 1.165) is 5.69 Å². The van der Waals surface area contributed by atoms with E-state index in [0.29, 0.717) is 0 Å². The van der Waals surface area contributed by atoms with Crippen LogP contribution in [0.1, 0.15) is 32.5 Å². The van der Waals surface area contributed by atoms with E-state index in [4.69, 9.17) is 5.73 Å². The largest absolute Gasteiger partial charge is 0.322 e. The zero-order valence-corrected chi connectivity index (χ0v) is 7.78. The first-order chi connectivity index (χ1) is 5.52. The SMILES string of the molecule is CC(C)(C)[C@@H](N)c1cnccn1. The first-order valence-corrected chi connectivity index (χ1v) is 4.03. The summed E-state index contributed by atoms with van der Waals surface area (Å²) in [6.45, 7) is 6.27. The topological polar surface area (TPSA) is 51.8 Å². The van der Waals surface area contributed by atoms with Crippen molar-refractivity contribution in [2.75, 3.05) is 0 Å². The summed E-state index contributed by atoms with van der Waals surface area (Å²) in [6.07, 6.45) is 5.04. The van der Waals surface area contributed by atoms with E-state index in [9.17, 15) is 0 Å². The lowest BCUT2D eigenvalue weighted by molar-refractivity contribution is 0.321. The van der Waals surface area contributed by atoms with Crippen LogP contribution >= 0.6 is 0 Å². The average molecular weight is 165 g/mol. The van der Waals surface area contributed by atoms with Gasteiger partial charge in [0.1, 0.15) is 0 Å². The molecule has 0 saturated heterocycles. The maximum absolute atomic E-state index is 5.97. The second-order valence-corrected chi connectivity index (χ2v) is 3.97. The third-order valence-electron chi connectivity index (χ3n) is 1.83. The van der Waals surface area contributed by atoms with Crippen molar-refractivity contribution in [1.82, 2.24) is 9.97 Å². The summed E-state index contributed by atoms with van der Waals surface area (Å²) >= 11 is 0. The monoisotopic (exact) mass is 165 g/mol. The molecule has 0 aromatic carbocycles. The van der Waals surface area contributed by atoms with Crippen LogP contribution in [0, 0.1) is 5.41 Å². The molecule has 1 rings (SSSR count). The van der Waals surface area contributed by atoms with Crippen LogP contribution in [0.5, 0.6) is 0 Å². The molecule has 0 spiro atoms. The Morgan fingerprint density at radius 3 is 2.42 bits per heavy atom. The van der Waals surface area contributed by atoms with Gasteiger partial charge in [-0.2, -0.15) is 0 Å². The van der Waals surface area contributed by atoms with Gasteiger partial charge in [-0.1, -0.05) is 20.8 Å². The Morgan fingerprint density at radius 2 is 2.00 bits per heavy atom. The van der Waals surface area contributed by atoms with Gasteiger partial charge in [-0.05, 0) is 5.41 Å². The van der Waals surface area contributed by atoms with Crippen molar-refractivity contribution >= 4 is 0 Å². The summed E-state index contributed by atoms with van der Waals surface area (Å²) in [5, 5.41) is 0. The Morgan fingerprint density at radius 1 is 1.33 bits per heavy atom. The van der Waals surface area contributed by atoms with Crippen molar-refractivity contribution in [3.05, 3.63) is 24.3 Å². The van der Waals surface area contributed by atoms with Gasteiger partial charge < -0.3 is 5.73 Å². The highest BCUT2D eigenvalue weighted by Gasteiger charge is 2.23. The van der Waals surface area contributed by atoms with Gasteiger partial charge in [0.2, 0.25) is 0 Å². The van der Waals surface area contributed by atoms with Gasteiger partial charge in [0, 0.05) is 18.6 Å². The van der Waals surface area contributed by atoms with Gasteiger partial charge in [-0.3, -0.25) is 9.97 Å². The molecular weight excluding hydrogens is 150 g/mol. The van der Waals surface area contributed by atoms with Crippen LogP contribution in [-0.4, -0.2) is 9.97 Å². The van der Waals surface area contributed by atoms with Crippen molar-refractivity contribution in [2.45, 2.75) is 26.8 Å². The van der Waals surface area contributed by atoms with Gasteiger partial charge in [0.25, 0.3) is 0 Å². The van der Waals surface area contributed by atoms with Crippen molar-refractivity contribution in [2.24, 2.45) is 11.1 Å². The van der Waals surface area contributed by atoms with Crippen LogP contribution in [0.15, 0.2) is 18.6 Å². The van der Waals surface area contributed by atoms with Gasteiger partial charge in [-0.25, -0.2) is 0 Å². The van der Waals surface area contributed by atoms with Crippen molar-refractivity contribution < 1.29 is 0 Å². The lowest BCUT2D eigenvalue weighted by atomic mass is 9.86. The second kappa shape index (κ2) is 3.19. The summed E-state index contributed by atoms with van der Waals surface area (Å²) < 4.78 is 0. The molecule has 0 aliphatic heterocycles. The summed E-state index contributed by atoms with van der Waals surface area (Å²) in [5.74, 6) is 0. The first-order valence-electron chi connectivity index (χ1n) is 4.03. The Hall–Kier alpha value is -0.960. The lowest BCUT2D eigenvalue weighted by Gasteiger charge is -2.25. The molecule has 0 aliphatic rings. The Labute approximate surface area is 73.0 Å². The van der Waals surface area contributed by atoms with Gasteiger partial charge in [0.05, 0.1) is 11.7 Å². The van der Waals surface area contributed by atoms with Crippen LogP contribution in [0.25, 0.3) is 0 Å². The first kappa shape index (κ1) is 9.13. The van der Waals surface area contributed by atoms with Gasteiger partial charge >= 0.3 is 0 Å². The minimum atomic E-state index is -0.0498. The Bertz CT molecular complexity index is 238. The second-order valence-electron chi connectivity index (χ2n) is 3.97. The average Bonchev–Trinajstić information content (AvgIpc) is 2.03. The molecule has 1 atom stereocenters. The maximum Gasteiger partial charge on any atom is 0.0759 e. The van der Waals surface area contributed by atoms with E-state index in [1.54, 1.807) is 18.6 Å². The highest BCUT2D eigenvalue weighted by atomic mass is 14.8. The molecule has 0 unspecified atom stereocenters. The zero-order chi connectivity index (χ0) is 9.19. The van der Waals surface area contributed by atoms with Crippen LogP contribution < -0.4 is 5.73 Å². The summed E-state index contributed by atoms with van der Waals surface area (Å²) in [4.78, 5) is 8.13. The lowest BCUT2D eigenvalue weighted by Crippen LogP contribution is -2.27.